The molecular formula is C11H10N2O3S. The van der Waals surface area contributed by atoms with Crippen LogP contribution in [0.25, 0.3) is 10.6 Å². The smallest absolute Gasteiger partial charge is 0.356 e. The molecule has 0 fully saturated rings. The lowest BCUT2D eigenvalue weighted by Crippen LogP contribution is -1.99. The van der Waals surface area contributed by atoms with E-state index in [0.29, 0.717) is 21.3 Å². The summed E-state index contributed by atoms with van der Waals surface area (Å²) in [5.41, 5.74) is 0.638. The van der Waals surface area contributed by atoms with Gasteiger partial charge in [-0.1, -0.05) is 0 Å². The predicted octanol–water partition coefficient (Wildman–Crippen LogP) is 2.22. The standard InChI is InChI=1S/C11H10N2O3S/c1-6-13-9(11(14)15)10(17-6)8-4-3-7(16-2)5-12-8/h3-5H,1-2H3,(H,14,15). The van der Waals surface area contributed by atoms with Gasteiger partial charge in [0.2, 0.25) is 0 Å². The molecule has 2 aromatic rings. The maximum atomic E-state index is 11.0. The van der Waals surface area contributed by atoms with Crippen molar-refractivity contribution in [3.63, 3.8) is 0 Å². The molecule has 2 heterocycles. The molecule has 0 saturated heterocycles. The van der Waals surface area contributed by atoms with E-state index in [9.17, 15) is 4.79 Å². The van der Waals surface area contributed by atoms with Gasteiger partial charge in [0, 0.05) is 0 Å². The predicted molar refractivity (Wildman–Crippen MR) is 63.6 cm³/mol. The number of rotatable bonds is 3. The Morgan fingerprint density at radius 3 is 2.76 bits per heavy atom. The second-order valence-electron chi connectivity index (χ2n) is 3.30. The Morgan fingerprint density at radius 2 is 2.24 bits per heavy atom. The summed E-state index contributed by atoms with van der Waals surface area (Å²) in [5.74, 6) is -0.408. The van der Waals surface area contributed by atoms with E-state index in [2.05, 4.69) is 9.97 Å². The second kappa shape index (κ2) is 4.50. The van der Waals surface area contributed by atoms with Gasteiger partial charge in [0.05, 0.1) is 28.9 Å². The van der Waals surface area contributed by atoms with Gasteiger partial charge in [-0.3, -0.25) is 4.98 Å². The van der Waals surface area contributed by atoms with Crippen LogP contribution in [0, 0.1) is 6.92 Å². The number of aromatic nitrogens is 2. The number of nitrogens with zero attached hydrogens (tertiary/aromatic N) is 2. The SMILES string of the molecule is COc1ccc(-c2sc(C)nc2C(=O)O)nc1. The highest BCUT2D eigenvalue weighted by molar-refractivity contribution is 7.15. The number of carboxylic acids is 1. The van der Waals surface area contributed by atoms with Gasteiger partial charge in [-0.15, -0.1) is 11.3 Å². The Morgan fingerprint density at radius 1 is 1.47 bits per heavy atom. The molecule has 0 spiro atoms. The topological polar surface area (TPSA) is 72.3 Å². The third kappa shape index (κ3) is 2.26. The highest BCUT2D eigenvalue weighted by Gasteiger charge is 2.18. The van der Waals surface area contributed by atoms with E-state index in [-0.39, 0.29) is 5.69 Å². The van der Waals surface area contributed by atoms with Gasteiger partial charge in [0.25, 0.3) is 0 Å². The van der Waals surface area contributed by atoms with Gasteiger partial charge in [-0.05, 0) is 19.1 Å². The molecule has 0 bridgehead atoms. The Bertz CT molecular complexity index is 548. The highest BCUT2D eigenvalue weighted by Crippen LogP contribution is 2.29. The third-order valence-corrected chi connectivity index (χ3v) is 3.13. The van der Waals surface area contributed by atoms with Crippen molar-refractivity contribution in [1.29, 1.82) is 0 Å². The summed E-state index contributed by atoms with van der Waals surface area (Å²) >= 11 is 1.31. The van der Waals surface area contributed by atoms with E-state index in [1.807, 2.05) is 0 Å². The summed E-state index contributed by atoms with van der Waals surface area (Å²) in [6.07, 6.45) is 1.55. The summed E-state index contributed by atoms with van der Waals surface area (Å²) in [4.78, 5) is 19.7. The molecule has 2 rings (SSSR count). The monoisotopic (exact) mass is 250 g/mol. The molecular weight excluding hydrogens is 240 g/mol. The van der Waals surface area contributed by atoms with Crippen LogP contribution in [0.2, 0.25) is 0 Å². The molecule has 0 atom stereocenters. The van der Waals surface area contributed by atoms with Gasteiger partial charge in [-0.2, -0.15) is 0 Å². The molecule has 6 heteroatoms. The van der Waals surface area contributed by atoms with Crippen LogP contribution in [0.15, 0.2) is 18.3 Å². The zero-order valence-electron chi connectivity index (χ0n) is 9.30. The first-order chi connectivity index (χ1) is 8.11. The van der Waals surface area contributed by atoms with Crippen LogP contribution in [0.5, 0.6) is 5.75 Å². The Labute approximate surface area is 102 Å². The van der Waals surface area contributed by atoms with Crippen LogP contribution >= 0.6 is 11.3 Å². The van der Waals surface area contributed by atoms with E-state index >= 15 is 0 Å². The van der Waals surface area contributed by atoms with E-state index < -0.39 is 5.97 Å². The van der Waals surface area contributed by atoms with Crippen LogP contribution in [-0.2, 0) is 0 Å². The van der Waals surface area contributed by atoms with Crippen molar-refractivity contribution in [3.8, 4) is 16.3 Å². The lowest BCUT2D eigenvalue weighted by molar-refractivity contribution is 0.0692. The summed E-state index contributed by atoms with van der Waals surface area (Å²) in [6, 6.07) is 3.46. The molecule has 0 amide bonds. The number of hydrogen-bond acceptors (Lipinski definition) is 5. The number of aromatic carboxylic acids is 1. The molecule has 0 saturated carbocycles. The molecule has 5 nitrogen and oxygen atoms in total. The van der Waals surface area contributed by atoms with Crippen molar-refractivity contribution < 1.29 is 14.6 Å². The zero-order chi connectivity index (χ0) is 12.4. The van der Waals surface area contributed by atoms with Gasteiger partial charge in [0.15, 0.2) is 5.69 Å². The number of carboxylic acid groups (broad SMARTS) is 1. The Hall–Kier alpha value is -1.95. The van der Waals surface area contributed by atoms with Crippen molar-refractivity contribution in [2.45, 2.75) is 6.92 Å². The van der Waals surface area contributed by atoms with Crippen LogP contribution < -0.4 is 4.74 Å². The number of thiazole rings is 1. The number of methoxy groups -OCH3 is 1. The minimum atomic E-state index is -1.04. The Balaban J connectivity index is 2.48. The number of aryl methyl sites for hydroxylation is 1. The fraction of sp³-hybridized carbons (Fsp3) is 0.182. The lowest BCUT2D eigenvalue weighted by atomic mass is 10.2. The van der Waals surface area contributed by atoms with Gasteiger partial charge in [-0.25, -0.2) is 9.78 Å². The summed E-state index contributed by atoms with van der Waals surface area (Å²) in [5, 5.41) is 9.74. The average molecular weight is 250 g/mol. The molecule has 2 aromatic heterocycles. The highest BCUT2D eigenvalue weighted by atomic mass is 32.1. The minimum absolute atomic E-state index is 0.0465. The van der Waals surface area contributed by atoms with E-state index in [1.165, 1.54) is 11.3 Å². The summed E-state index contributed by atoms with van der Waals surface area (Å²) < 4.78 is 5.00. The zero-order valence-corrected chi connectivity index (χ0v) is 10.1. The van der Waals surface area contributed by atoms with E-state index in [4.69, 9.17) is 9.84 Å². The van der Waals surface area contributed by atoms with E-state index in [1.54, 1.807) is 32.4 Å². The molecule has 88 valence electrons. The van der Waals surface area contributed by atoms with Gasteiger partial charge in [0.1, 0.15) is 5.75 Å². The maximum Gasteiger partial charge on any atom is 0.356 e. The number of ether oxygens (including phenoxy) is 1. The third-order valence-electron chi connectivity index (χ3n) is 2.14. The molecule has 0 aliphatic heterocycles. The number of pyridine rings is 1. The minimum Gasteiger partial charge on any atom is -0.495 e. The first-order valence-corrected chi connectivity index (χ1v) is 5.64. The normalized spacial score (nSPS) is 10.2. The van der Waals surface area contributed by atoms with Crippen LogP contribution in [0.4, 0.5) is 0 Å². The van der Waals surface area contributed by atoms with Gasteiger partial charge >= 0.3 is 5.97 Å². The molecule has 0 radical (unpaired) electrons. The number of carbonyl (C=O) groups is 1. The van der Waals surface area contributed by atoms with Crippen LogP contribution in [0.3, 0.4) is 0 Å². The van der Waals surface area contributed by atoms with Gasteiger partial charge < -0.3 is 9.84 Å². The largest absolute Gasteiger partial charge is 0.495 e. The molecule has 0 unspecified atom stereocenters. The molecule has 0 aliphatic carbocycles. The lowest BCUT2D eigenvalue weighted by Gasteiger charge is -2.00. The molecule has 17 heavy (non-hydrogen) atoms. The fourth-order valence-corrected chi connectivity index (χ4v) is 2.27. The van der Waals surface area contributed by atoms with Crippen molar-refractivity contribution >= 4 is 17.3 Å². The molecule has 1 N–H and O–H groups in total. The summed E-state index contributed by atoms with van der Waals surface area (Å²) in [7, 11) is 1.55. The molecule has 0 aliphatic rings. The first kappa shape index (κ1) is 11.5. The quantitative estimate of drug-likeness (QED) is 0.904. The maximum absolute atomic E-state index is 11.0. The van der Waals surface area contributed by atoms with Crippen molar-refractivity contribution in [2.75, 3.05) is 7.11 Å². The Kier molecular flexibility index (Phi) is 3.06. The first-order valence-electron chi connectivity index (χ1n) is 4.83. The van der Waals surface area contributed by atoms with E-state index in [0.717, 1.165) is 0 Å². The van der Waals surface area contributed by atoms with Crippen LogP contribution in [-0.4, -0.2) is 28.2 Å². The van der Waals surface area contributed by atoms with Crippen molar-refractivity contribution in [2.24, 2.45) is 0 Å². The van der Waals surface area contributed by atoms with Crippen molar-refractivity contribution in [3.05, 3.63) is 29.0 Å². The average Bonchev–Trinajstić information content (AvgIpc) is 2.72. The number of hydrogen-bond donors (Lipinski definition) is 1. The van der Waals surface area contributed by atoms with Crippen molar-refractivity contribution in [1.82, 2.24) is 9.97 Å². The molecule has 0 aromatic carbocycles. The summed E-state index contributed by atoms with van der Waals surface area (Å²) in [6.45, 7) is 1.77. The fourth-order valence-electron chi connectivity index (χ4n) is 1.38. The second-order valence-corrected chi connectivity index (χ2v) is 4.50. The van der Waals surface area contributed by atoms with Crippen LogP contribution in [0.1, 0.15) is 15.5 Å².